The standard InChI is InChI=1S/C16H21N3O3/c1-11-7-6-8-13-18-12(2)15(19(11)13)16(22)17-10-5-3-4-9-14(20)21/h6-8H,3-5,9-10H2,1-2H3,(H,17,22)(H,20,21). The topological polar surface area (TPSA) is 83.7 Å². The molecule has 0 aliphatic carbocycles. The number of hydrogen-bond donors (Lipinski definition) is 2. The number of nitrogens with one attached hydrogen (secondary N) is 1. The lowest BCUT2D eigenvalue weighted by Gasteiger charge is -2.07. The summed E-state index contributed by atoms with van der Waals surface area (Å²) in [4.78, 5) is 27.2. The first-order valence-electron chi connectivity index (χ1n) is 7.45. The zero-order valence-corrected chi connectivity index (χ0v) is 12.9. The summed E-state index contributed by atoms with van der Waals surface area (Å²) in [5.74, 6) is -0.918. The lowest BCUT2D eigenvalue weighted by Crippen LogP contribution is -2.26. The highest BCUT2D eigenvalue weighted by Crippen LogP contribution is 2.14. The molecule has 0 saturated carbocycles. The summed E-state index contributed by atoms with van der Waals surface area (Å²) in [6.07, 6.45) is 2.38. The number of nitrogens with zero attached hydrogens (tertiary/aromatic N) is 2. The molecule has 0 aliphatic rings. The molecule has 0 atom stereocenters. The minimum absolute atomic E-state index is 0.141. The Labute approximate surface area is 129 Å². The molecule has 6 nitrogen and oxygen atoms in total. The van der Waals surface area contributed by atoms with Crippen LogP contribution in [-0.4, -0.2) is 32.9 Å². The number of carboxylic acid groups (broad SMARTS) is 1. The largest absolute Gasteiger partial charge is 0.481 e. The van der Waals surface area contributed by atoms with E-state index in [9.17, 15) is 9.59 Å². The molecule has 22 heavy (non-hydrogen) atoms. The second kappa shape index (κ2) is 7.06. The normalized spacial score (nSPS) is 10.8. The van der Waals surface area contributed by atoms with Crippen molar-refractivity contribution in [3.8, 4) is 0 Å². The molecule has 0 saturated heterocycles. The van der Waals surface area contributed by atoms with E-state index in [1.807, 2.05) is 36.4 Å². The van der Waals surface area contributed by atoms with Crippen molar-refractivity contribution in [2.45, 2.75) is 39.5 Å². The van der Waals surface area contributed by atoms with Gasteiger partial charge in [-0.2, -0.15) is 0 Å². The average Bonchev–Trinajstić information content (AvgIpc) is 2.79. The molecule has 0 aliphatic heterocycles. The monoisotopic (exact) mass is 303 g/mol. The second-order valence-electron chi connectivity index (χ2n) is 5.37. The Kier molecular flexibility index (Phi) is 5.14. The Morgan fingerprint density at radius 1 is 1.23 bits per heavy atom. The van der Waals surface area contributed by atoms with Gasteiger partial charge >= 0.3 is 5.97 Å². The van der Waals surface area contributed by atoms with Crippen molar-refractivity contribution in [1.82, 2.24) is 14.7 Å². The van der Waals surface area contributed by atoms with Crippen molar-refractivity contribution in [3.63, 3.8) is 0 Å². The van der Waals surface area contributed by atoms with Crippen LogP contribution in [0.4, 0.5) is 0 Å². The zero-order chi connectivity index (χ0) is 16.1. The van der Waals surface area contributed by atoms with Crippen molar-refractivity contribution in [2.24, 2.45) is 0 Å². The number of pyridine rings is 1. The molecule has 0 radical (unpaired) electrons. The molecule has 2 heterocycles. The molecule has 0 aromatic carbocycles. The van der Waals surface area contributed by atoms with Crippen LogP contribution >= 0.6 is 0 Å². The van der Waals surface area contributed by atoms with Crippen LogP contribution < -0.4 is 5.32 Å². The van der Waals surface area contributed by atoms with Gasteiger partial charge in [-0.1, -0.05) is 12.5 Å². The molecule has 118 valence electrons. The fourth-order valence-corrected chi connectivity index (χ4v) is 2.50. The first kappa shape index (κ1) is 16.0. The SMILES string of the molecule is Cc1nc2cccc(C)n2c1C(=O)NCCCCCC(=O)O. The van der Waals surface area contributed by atoms with Crippen molar-refractivity contribution in [2.75, 3.05) is 6.54 Å². The van der Waals surface area contributed by atoms with Gasteiger partial charge in [0.25, 0.3) is 5.91 Å². The van der Waals surface area contributed by atoms with Gasteiger partial charge in [0.2, 0.25) is 0 Å². The predicted octanol–water partition coefficient (Wildman–Crippen LogP) is 2.33. The van der Waals surface area contributed by atoms with E-state index in [0.717, 1.165) is 24.2 Å². The number of imidazole rings is 1. The van der Waals surface area contributed by atoms with Crippen LogP contribution in [0.15, 0.2) is 18.2 Å². The Morgan fingerprint density at radius 2 is 2.00 bits per heavy atom. The molecule has 0 bridgehead atoms. The molecule has 0 unspecified atom stereocenters. The van der Waals surface area contributed by atoms with E-state index in [1.54, 1.807) is 0 Å². The minimum Gasteiger partial charge on any atom is -0.481 e. The Balaban J connectivity index is 1.96. The quantitative estimate of drug-likeness (QED) is 0.769. The first-order chi connectivity index (χ1) is 10.5. The maximum Gasteiger partial charge on any atom is 0.303 e. The van der Waals surface area contributed by atoms with Gasteiger partial charge in [-0.05, 0) is 38.8 Å². The van der Waals surface area contributed by atoms with Gasteiger partial charge in [0, 0.05) is 18.7 Å². The van der Waals surface area contributed by atoms with Crippen LogP contribution in [0.5, 0.6) is 0 Å². The highest BCUT2D eigenvalue weighted by Gasteiger charge is 2.17. The number of carbonyl (C=O) groups excluding carboxylic acids is 1. The third-order valence-corrected chi connectivity index (χ3v) is 3.58. The molecular formula is C16H21N3O3. The van der Waals surface area contributed by atoms with Gasteiger partial charge in [0.15, 0.2) is 0 Å². The van der Waals surface area contributed by atoms with E-state index < -0.39 is 5.97 Å². The van der Waals surface area contributed by atoms with Gasteiger partial charge in [-0.3, -0.25) is 14.0 Å². The summed E-state index contributed by atoms with van der Waals surface area (Å²) in [5, 5.41) is 11.4. The first-order valence-corrected chi connectivity index (χ1v) is 7.45. The lowest BCUT2D eigenvalue weighted by atomic mass is 10.2. The average molecular weight is 303 g/mol. The summed E-state index contributed by atoms with van der Waals surface area (Å²) in [5.41, 5.74) is 3.00. The molecule has 2 aromatic rings. The van der Waals surface area contributed by atoms with Gasteiger partial charge in [-0.25, -0.2) is 4.98 Å². The van der Waals surface area contributed by atoms with Crippen LogP contribution in [0, 0.1) is 13.8 Å². The fraction of sp³-hybridized carbons (Fsp3) is 0.438. The highest BCUT2D eigenvalue weighted by molar-refractivity contribution is 5.94. The molecule has 0 spiro atoms. The van der Waals surface area contributed by atoms with Crippen molar-refractivity contribution in [3.05, 3.63) is 35.3 Å². The number of hydrogen-bond acceptors (Lipinski definition) is 3. The Bertz CT molecular complexity index is 691. The summed E-state index contributed by atoms with van der Waals surface area (Å²) in [6, 6.07) is 5.74. The predicted molar refractivity (Wildman–Crippen MR) is 83.1 cm³/mol. The number of fused-ring (bicyclic) bond motifs is 1. The molecule has 2 aromatic heterocycles. The van der Waals surface area contributed by atoms with Gasteiger partial charge in [0.1, 0.15) is 11.3 Å². The molecule has 1 amide bonds. The number of rotatable bonds is 7. The van der Waals surface area contributed by atoms with E-state index in [1.165, 1.54) is 0 Å². The molecule has 0 fully saturated rings. The summed E-state index contributed by atoms with van der Waals surface area (Å²) in [7, 11) is 0. The summed E-state index contributed by atoms with van der Waals surface area (Å²) < 4.78 is 1.86. The second-order valence-corrected chi connectivity index (χ2v) is 5.37. The zero-order valence-electron chi connectivity index (χ0n) is 12.9. The fourth-order valence-electron chi connectivity index (χ4n) is 2.50. The van der Waals surface area contributed by atoms with E-state index >= 15 is 0 Å². The summed E-state index contributed by atoms with van der Waals surface area (Å²) >= 11 is 0. The highest BCUT2D eigenvalue weighted by atomic mass is 16.4. The molecule has 6 heteroatoms. The lowest BCUT2D eigenvalue weighted by molar-refractivity contribution is -0.137. The maximum absolute atomic E-state index is 12.4. The number of aliphatic carboxylic acids is 1. The van der Waals surface area contributed by atoms with Crippen molar-refractivity contribution in [1.29, 1.82) is 0 Å². The number of carboxylic acids is 1. The maximum atomic E-state index is 12.4. The number of unbranched alkanes of at least 4 members (excludes halogenated alkanes) is 2. The molecular weight excluding hydrogens is 282 g/mol. The van der Waals surface area contributed by atoms with Crippen LogP contribution in [0.2, 0.25) is 0 Å². The van der Waals surface area contributed by atoms with E-state index in [0.29, 0.717) is 24.4 Å². The Hall–Kier alpha value is -2.37. The van der Waals surface area contributed by atoms with Crippen molar-refractivity contribution < 1.29 is 14.7 Å². The van der Waals surface area contributed by atoms with E-state index in [4.69, 9.17) is 5.11 Å². The minimum atomic E-state index is -0.777. The third kappa shape index (κ3) is 3.63. The number of aromatic nitrogens is 2. The smallest absolute Gasteiger partial charge is 0.303 e. The van der Waals surface area contributed by atoms with Gasteiger partial charge < -0.3 is 10.4 Å². The summed E-state index contributed by atoms with van der Waals surface area (Å²) in [6.45, 7) is 4.31. The van der Waals surface area contributed by atoms with Crippen LogP contribution in [0.3, 0.4) is 0 Å². The third-order valence-electron chi connectivity index (χ3n) is 3.58. The molecule has 2 N–H and O–H groups in total. The number of aryl methyl sites for hydroxylation is 2. The molecule has 2 rings (SSSR count). The Morgan fingerprint density at radius 3 is 2.73 bits per heavy atom. The van der Waals surface area contributed by atoms with E-state index in [-0.39, 0.29) is 12.3 Å². The van der Waals surface area contributed by atoms with Crippen LogP contribution in [-0.2, 0) is 4.79 Å². The van der Waals surface area contributed by atoms with Gasteiger partial charge in [-0.15, -0.1) is 0 Å². The van der Waals surface area contributed by atoms with E-state index in [2.05, 4.69) is 10.3 Å². The van der Waals surface area contributed by atoms with Gasteiger partial charge in [0.05, 0.1) is 5.69 Å². The number of carbonyl (C=O) groups is 2. The van der Waals surface area contributed by atoms with Crippen LogP contribution in [0.1, 0.15) is 47.6 Å². The van der Waals surface area contributed by atoms with Crippen molar-refractivity contribution >= 4 is 17.5 Å². The van der Waals surface area contributed by atoms with Crippen LogP contribution in [0.25, 0.3) is 5.65 Å². The number of amides is 1.